The van der Waals surface area contributed by atoms with Gasteiger partial charge in [0.2, 0.25) is 5.91 Å². The van der Waals surface area contributed by atoms with E-state index in [1.165, 1.54) is 186 Å². The number of esters is 1. The van der Waals surface area contributed by atoms with Gasteiger partial charge in [-0.05, 0) is 57.8 Å². The number of nitrogens with one attached hydrogen (secondary N) is 1. The van der Waals surface area contributed by atoms with Gasteiger partial charge in [0.05, 0.1) is 25.4 Å². The van der Waals surface area contributed by atoms with Gasteiger partial charge in [0, 0.05) is 12.8 Å². The van der Waals surface area contributed by atoms with Crippen molar-refractivity contribution in [3.05, 3.63) is 24.3 Å². The van der Waals surface area contributed by atoms with Crippen molar-refractivity contribution in [3.63, 3.8) is 0 Å². The molecule has 6 heteroatoms. The maximum Gasteiger partial charge on any atom is 0.305 e. The summed E-state index contributed by atoms with van der Waals surface area (Å²) in [5.74, 6) is -0.0752. The summed E-state index contributed by atoms with van der Waals surface area (Å²) in [4.78, 5) is 24.5. The van der Waals surface area contributed by atoms with E-state index in [9.17, 15) is 19.8 Å². The van der Waals surface area contributed by atoms with E-state index in [-0.39, 0.29) is 18.5 Å². The molecule has 0 fully saturated rings. The number of aliphatic hydroxyl groups excluding tert-OH is 2. The van der Waals surface area contributed by atoms with Crippen LogP contribution in [0.5, 0.6) is 0 Å². The summed E-state index contributed by atoms with van der Waals surface area (Å²) >= 11 is 0. The van der Waals surface area contributed by atoms with E-state index in [4.69, 9.17) is 4.74 Å². The lowest BCUT2D eigenvalue weighted by atomic mass is 10.0. The van der Waals surface area contributed by atoms with E-state index in [2.05, 4.69) is 43.5 Å². The first-order chi connectivity index (χ1) is 30.5. The minimum absolute atomic E-state index is 0.0170. The molecule has 0 aliphatic carbocycles. The first kappa shape index (κ1) is 60.3. The van der Waals surface area contributed by atoms with Crippen LogP contribution in [0.2, 0.25) is 0 Å². The van der Waals surface area contributed by atoms with E-state index < -0.39 is 12.1 Å². The second-order valence-electron chi connectivity index (χ2n) is 18.9. The number of aliphatic hydroxyl groups is 2. The lowest BCUT2D eigenvalue weighted by Gasteiger charge is -2.22. The third kappa shape index (κ3) is 47.8. The smallest absolute Gasteiger partial charge is 0.305 e. The molecule has 0 aliphatic rings. The van der Waals surface area contributed by atoms with Gasteiger partial charge in [-0.1, -0.05) is 250 Å². The number of carbonyl (C=O) groups excluding carboxylic acids is 2. The number of hydrogen-bond donors (Lipinski definition) is 3. The van der Waals surface area contributed by atoms with Gasteiger partial charge in [-0.3, -0.25) is 9.59 Å². The van der Waals surface area contributed by atoms with E-state index in [0.717, 1.165) is 77.0 Å². The topological polar surface area (TPSA) is 95.9 Å². The highest BCUT2D eigenvalue weighted by Crippen LogP contribution is 2.17. The number of carbonyl (C=O) groups is 2. The van der Waals surface area contributed by atoms with Crippen LogP contribution in [0.3, 0.4) is 0 Å². The van der Waals surface area contributed by atoms with Crippen molar-refractivity contribution >= 4 is 11.9 Å². The molecule has 0 aromatic heterocycles. The van der Waals surface area contributed by atoms with Crippen molar-refractivity contribution in [3.8, 4) is 0 Å². The van der Waals surface area contributed by atoms with Crippen LogP contribution < -0.4 is 5.32 Å². The molecule has 0 heterocycles. The summed E-state index contributed by atoms with van der Waals surface area (Å²) in [5, 5.41) is 23.1. The molecule has 0 spiro atoms. The van der Waals surface area contributed by atoms with Crippen LogP contribution in [0.25, 0.3) is 0 Å². The van der Waals surface area contributed by atoms with Crippen molar-refractivity contribution in [2.45, 2.75) is 309 Å². The zero-order chi connectivity index (χ0) is 45.1. The predicted octanol–water partition coefficient (Wildman–Crippen LogP) is 16.7. The molecule has 0 saturated heterocycles. The zero-order valence-electron chi connectivity index (χ0n) is 41.6. The molecule has 0 aromatic rings. The average Bonchev–Trinajstić information content (AvgIpc) is 3.27. The van der Waals surface area contributed by atoms with Gasteiger partial charge < -0.3 is 20.3 Å². The number of amides is 1. The van der Waals surface area contributed by atoms with Crippen molar-refractivity contribution < 1.29 is 24.5 Å². The van der Waals surface area contributed by atoms with E-state index >= 15 is 0 Å². The molecule has 0 aliphatic heterocycles. The Balaban J connectivity index is 3.47. The summed E-state index contributed by atoms with van der Waals surface area (Å²) in [6, 6.07) is -0.556. The Hall–Kier alpha value is -1.66. The van der Waals surface area contributed by atoms with Crippen LogP contribution in [-0.2, 0) is 14.3 Å². The quantitative estimate of drug-likeness (QED) is 0.0321. The molecule has 1 amide bonds. The molecule has 0 rings (SSSR count). The molecule has 0 saturated carbocycles. The minimum atomic E-state index is -0.677. The second kappa shape index (κ2) is 52.0. The van der Waals surface area contributed by atoms with Crippen LogP contribution in [0.1, 0.15) is 296 Å². The van der Waals surface area contributed by atoms with Crippen LogP contribution in [-0.4, -0.2) is 47.4 Å². The maximum absolute atomic E-state index is 12.4. The predicted molar refractivity (Wildman–Crippen MR) is 269 cm³/mol. The monoisotopic (exact) mass is 874 g/mol. The van der Waals surface area contributed by atoms with E-state index in [1.54, 1.807) is 0 Å². The van der Waals surface area contributed by atoms with Crippen LogP contribution >= 0.6 is 0 Å². The molecule has 2 atom stereocenters. The minimum Gasteiger partial charge on any atom is -0.466 e. The Bertz CT molecular complexity index is 966. The van der Waals surface area contributed by atoms with Crippen LogP contribution in [0, 0.1) is 0 Å². The molecular weight excluding hydrogens is 767 g/mol. The number of allylic oxidation sites excluding steroid dienone is 4. The zero-order valence-corrected chi connectivity index (χ0v) is 41.6. The van der Waals surface area contributed by atoms with Gasteiger partial charge in [0.25, 0.3) is 0 Å². The highest BCUT2D eigenvalue weighted by atomic mass is 16.5. The number of ether oxygens (including phenoxy) is 1. The van der Waals surface area contributed by atoms with Crippen LogP contribution in [0.4, 0.5) is 0 Å². The molecule has 366 valence electrons. The summed E-state index contributed by atoms with van der Waals surface area (Å²) in [6.45, 7) is 4.90. The van der Waals surface area contributed by atoms with Crippen molar-refractivity contribution in [2.24, 2.45) is 0 Å². The molecule has 0 bridgehead atoms. The highest BCUT2D eigenvalue weighted by Gasteiger charge is 2.20. The number of unbranched alkanes of at least 4 members (excludes halogenated alkanes) is 37. The molecule has 0 aromatic carbocycles. The fourth-order valence-electron chi connectivity index (χ4n) is 8.51. The molecule has 6 nitrogen and oxygen atoms in total. The largest absolute Gasteiger partial charge is 0.466 e. The number of rotatable bonds is 51. The maximum atomic E-state index is 12.4. The first-order valence-electron chi connectivity index (χ1n) is 27.6. The SMILES string of the molecule is CCCCCCCCCCCCCCCCCCCCCC(=O)OCCCCC/C=C\C=C/CCCCCCCCC(=O)NC(CO)C(O)CCCCCCCCCCCCC. The molecule has 62 heavy (non-hydrogen) atoms. The van der Waals surface area contributed by atoms with Gasteiger partial charge in [-0.15, -0.1) is 0 Å². The Kier molecular flexibility index (Phi) is 50.6. The highest BCUT2D eigenvalue weighted by molar-refractivity contribution is 5.76. The van der Waals surface area contributed by atoms with Gasteiger partial charge >= 0.3 is 5.97 Å². The second-order valence-corrected chi connectivity index (χ2v) is 18.9. The lowest BCUT2D eigenvalue weighted by molar-refractivity contribution is -0.143. The van der Waals surface area contributed by atoms with Gasteiger partial charge in [0.1, 0.15) is 0 Å². The van der Waals surface area contributed by atoms with Gasteiger partial charge in [0.15, 0.2) is 0 Å². The van der Waals surface area contributed by atoms with Gasteiger partial charge in [-0.2, -0.15) is 0 Å². The summed E-state index contributed by atoms with van der Waals surface area (Å²) in [5.41, 5.74) is 0. The summed E-state index contributed by atoms with van der Waals surface area (Å²) in [7, 11) is 0. The number of hydrogen-bond acceptors (Lipinski definition) is 5. The third-order valence-corrected chi connectivity index (χ3v) is 12.8. The van der Waals surface area contributed by atoms with E-state index in [0.29, 0.717) is 25.9 Å². The lowest BCUT2D eigenvalue weighted by Crippen LogP contribution is -2.45. The fraction of sp³-hybridized carbons (Fsp3) is 0.893. The normalized spacial score (nSPS) is 12.8. The Morgan fingerprint density at radius 2 is 0.790 bits per heavy atom. The molecular formula is C56H107NO5. The Morgan fingerprint density at radius 1 is 0.452 bits per heavy atom. The van der Waals surface area contributed by atoms with Crippen molar-refractivity contribution in [1.82, 2.24) is 5.32 Å². The van der Waals surface area contributed by atoms with Gasteiger partial charge in [-0.25, -0.2) is 0 Å². The first-order valence-corrected chi connectivity index (χ1v) is 27.6. The Labute approximate surface area is 386 Å². The average molecular weight is 874 g/mol. The van der Waals surface area contributed by atoms with E-state index in [1.807, 2.05) is 0 Å². The fourth-order valence-corrected chi connectivity index (χ4v) is 8.51. The molecule has 3 N–H and O–H groups in total. The molecule has 2 unspecified atom stereocenters. The summed E-state index contributed by atoms with van der Waals surface area (Å²) < 4.78 is 5.46. The van der Waals surface area contributed by atoms with Crippen molar-refractivity contribution in [2.75, 3.05) is 13.2 Å². The standard InChI is InChI=1S/C56H107NO5/c1-3-5-7-9-11-13-15-16-17-18-19-20-23-26-30-34-38-42-46-50-56(61)62-51-47-43-39-35-31-27-24-21-22-25-29-33-37-41-45-49-55(60)57-53(52-58)54(59)48-44-40-36-32-28-14-12-10-8-6-4-2/h21,24,27,31,53-54,58-59H,3-20,22-23,25-26,28-30,32-52H2,1-2H3,(H,57,60)/b24-21-,31-27-. The molecule has 0 radical (unpaired) electrons. The van der Waals surface area contributed by atoms with Crippen LogP contribution in [0.15, 0.2) is 24.3 Å². The summed E-state index contributed by atoms with van der Waals surface area (Å²) in [6.07, 6.45) is 61.7. The Morgan fingerprint density at radius 3 is 1.19 bits per heavy atom. The third-order valence-electron chi connectivity index (χ3n) is 12.8. The van der Waals surface area contributed by atoms with Crippen molar-refractivity contribution in [1.29, 1.82) is 0 Å².